The maximum atomic E-state index is 14.4. The molecule has 0 spiro atoms. The van der Waals surface area contributed by atoms with E-state index < -0.39 is 0 Å². The van der Waals surface area contributed by atoms with E-state index in [1.54, 1.807) is 24.3 Å². The van der Waals surface area contributed by atoms with Crippen LogP contribution in [0.5, 0.6) is 5.75 Å². The van der Waals surface area contributed by atoms with Crippen molar-refractivity contribution in [1.29, 1.82) is 0 Å². The molecule has 0 saturated carbocycles. The quantitative estimate of drug-likeness (QED) is 0.854. The molecule has 6 heteroatoms. The molecule has 1 aliphatic heterocycles. The van der Waals surface area contributed by atoms with E-state index in [2.05, 4.69) is 5.32 Å². The molecular weight excluding hydrogens is 343 g/mol. The molecule has 0 unspecified atom stereocenters. The van der Waals surface area contributed by atoms with Gasteiger partial charge in [0, 0.05) is 24.3 Å². The molecule has 3 rings (SSSR count). The molecule has 0 bridgehead atoms. The zero-order valence-electron chi connectivity index (χ0n) is 14.0. The molecule has 1 saturated heterocycles. The fourth-order valence-corrected chi connectivity index (χ4v) is 3.24. The third-order valence-corrected chi connectivity index (χ3v) is 4.61. The van der Waals surface area contributed by atoms with Crippen molar-refractivity contribution in [2.45, 2.75) is 19.3 Å². The summed E-state index contributed by atoms with van der Waals surface area (Å²) < 4.78 is 19.5. The molecule has 1 N–H and O–H groups in total. The molecule has 2 aromatic carbocycles. The number of carbonyl (C=O) groups excluding carboxylic acids is 1. The molecule has 1 heterocycles. The number of nitrogens with zero attached hydrogens (tertiary/aromatic N) is 1. The number of hydrogen-bond donors (Lipinski definition) is 1. The highest BCUT2D eigenvalue weighted by molar-refractivity contribution is 6.32. The van der Waals surface area contributed by atoms with Crippen molar-refractivity contribution in [2.75, 3.05) is 30.4 Å². The highest BCUT2D eigenvalue weighted by Crippen LogP contribution is 2.27. The lowest BCUT2D eigenvalue weighted by Crippen LogP contribution is -2.30. The predicted molar refractivity (Wildman–Crippen MR) is 98.4 cm³/mol. The van der Waals surface area contributed by atoms with Gasteiger partial charge in [0.1, 0.15) is 11.6 Å². The minimum Gasteiger partial charge on any atom is -0.495 e. The van der Waals surface area contributed by atoms with Crippen LogP contribution in [0.2, 0.25) is 5.02 Å². The molecule has 0 atom stereocenters. The second-order valence-corrected chi connectivity index (χ2v) is 6.42. The van der Waals surface area contributed by atoms with Crippen LogP contribution in [0.4, 0.5) is 15.8 Å². The Labute approximate surface area is 151 Å². The zero-order chi connectivity index (χ0) is 17.8. The first-order valence-corrected chi connectivity index (χ1v) is 8.65. The average Bonchev–Trinajstić information content (AvgIpc) is 2.62. The summed E-state index contributed by atoms with van der Waals surface area (Å²) in [6.07, 6.45) is 3.35. The Hall–Kier alpha value is -2.27. The van der Waals surface area contributed by atoms with Crippen molar-refractivity contribution in [3.05, 3.63) is 52.8 Å². The molecule has 1 fully saturated rings. The first-order chi connectivity index (χ1) is 12.1. The van der Waals surface area contributed by atoms with Gasteiger partial charge in [-0.15, -0.1) is 0 Å². The Morgan fingerprint density at radius 3 is 2.56 bits per heavy atom. The van der Waals surface area contributed by atoms with Crippen LogP contribution >= 0.6 is 11.6 Å². The molecule has 0 radical (unpaired) electrons. The second kappa shape index (κ2) is 7.74. The first-order valence-electron chi connectivity index (χ1n) is 8.28. The summed E-state index contributed by atoms with van der Waals surface area (Å²) in [6.45, 7) is 1.74. The standard InChI is InChI=1S/C19H20ClFN2O2/c1-25-18-8-5-13(11-15(18)20)19(24)22-14-6-7-17(16(21)12-14)23-9-3-2-4-10-23/h5-8,11-12H,2-4,9-10H2,1H3,(H,22,24). The van der Waals surface area contributed by atoms with Crippen molar-refractivity contribution in [2.24, 2.45) is 0 Å². The van der Waals surface area contributed by atoms with Crippen LogP contribution in [-0.2, 0) is 0 Å². The molecule has 0 aliphatic carbocycles. The largest absolute Gasteiger partial charge is 0.495 e. The summed E-state index contributed by atoms with van der Waals surface area (Å²) >= 11 is 6.04. The Morgan fingerprint density at radius 2 is 1.92 bits per heavy atom. The van der Waals surface area contributed by atoms with E-state index in [0.717, 1.165) is 25.9 Å². The summed E-state index contributed by atoms with van der Waals surface area (Å²) in [7, 11) is 1.51. The molecule has 1 aliphatic rings. The summed E-state index contributed by atoms with van der Waals surface area (Å²) in [5, 5.41) is 3.05. The Morgan fingerprint density at radius 1 is 1.16 bits per heavy atom. The average molecular weight is 363 g/mol. The van der Waals surface area contributed by atoms with Gasteiger partial charge in [0.25, 0.3) is 5.91 Å². The van der Waals surface area contributed by atoms with Crippen molar-refractivity contribution in [3.8, 4) is 5.75 Å². The fourth-order valence-electron chi connectivity index (χ4n) is 2.99. The van der Waals surface area contributed by atoms with Gasteiger partial charge in [-0.25, -0.2) is 4.39 Å². The number of nitrogens with one attached hydrogen (secondary N) is 1. The van der Waals surface area contributed by atoms with Crippen LogP contribution < -0.4 is 15.0 Å². The van der Waals surface area contributed by atoms with Crippen molar-refractivity contribution in [3.63, 3.8) is 0 Å². The Kier molecular flexibility index (Phi) is 5.43. The smallest absolute Gasteiger partial charge is 0.255 e. The van der Waals surface area contributed by atoms with Crippen LogP contribution in [0.15, 0.2) is 36.4 Å². The molecule has 132 valence electrons. The van der Waals surface area contributed by atoms with E-state index >= 15 is 0 Å². The highest BCUT2D eigenvalue weighted by atomic mass is 35.5. The molecule has 1 amide bonds. The number of carbonyl (C=O) groups is 1. The van der Waals surface area contributed by atoms with Gasteiger partial charge in [0.15, 0.2) is 0 Å². The van der Waals surface area contributed by atoms with Crippen LogP contribution in [0.1, 0.15) is 29.6 Å². The van der Waals surface area contributed by atoms with E-state index in [9.17, 15) is 9.18 Å². The van der Waals surface area contributed by atoms with Crippen molar-refractivity contribution < 1.29 is 13.9 Å². The van der Waals surface area contributed by atoms with E-state index in [-0.39, 0.29) is 11.7 Å². The van der Waals surface area contributed by atoms with Gasteiger partial charge in [-0.05, 0) is 55.7 Å². The lowest BCUT2D eigenvalue weighted by Gasteiger charge is -2.29. The second-order valence-electron chi connectivity index (χ2n) is 6.02. The highest BCUT2D eigenvalue weighted by Gasteiger charge is 2.16. The number of methoxy groups -OCH3 is 1. The van der Waals surface area contributed by atoms with E-state index in [0.29, 0.717) is 27.7 Å². The van der Waals surface area contributed by atoms with Crippen molar-refractivity contribution >= 4 is 28.9 Å². The lowest BCUT2D eigenvalue weighted by molar-refractivity contribution is 0.102. The van der Waals surface area contributed by atoms with Gasteiger partial charge in [-0.2, -0.15) is 0 Å². The number of ether oxygens (including phenoxy) is 1. The van der Waals surface area contributed by atoms with Gasteiger partial charge in [-0.1, -0.05) is 11.6 Å². The Balaban J connectivity index is 1.73. The zero-order valence-corrected chi connectivity index (χ0v) is 14.8. The summed E-state index contributed by atoms with van der Waals surface area (Å²) in [5.74, 6) is -0.183. The van der Waals surface area contributed by atoms with Crippen molar-refractivity contribution in [1.82, 2.24) is 0 Å². The summed E-state index contributed by atoms with van der Waals surface area (Å²) in [5.41, 5.74) is 1.38. The third-order valence-electron chi connectivity index (χ3n) is 4.32. The SMILES string of the molecule is COc1ccc(C(=O)Nc2ccc(N3CCCCC3)c(F)c2)cc1Cl. The van der Waals surface area contributed by atoms with Gasteiger partial charge in [-0.3, -0.25) is 4.79 Å². The number of hydrogen-bond acceptors (Lipinski definition) is 3. The van der Waals surface area contributed by atoms with E-state index in [1.807, 2.05) is 4.90 Å². The minimum absolute atomic E-state index is 0.326. The molecule has 0 aromatic heterocycles. The Bertz CT molecular complexity index is 776. The predicted octanol–water partition coefficient (Wildman–Crippen LogP) is 4.73. The normalized spacial score (nSPS) is 14.3. The molecule has 4 nitrogen and oxygen atoms in total. The van der Waals surface area contributed by atoms with Crippen LogP contribution in [-0.4, -0.2) is 26.1 Å². The van der Waals surface area contributed by atoms with Gasteiger partial charge in [0.2, 0.25) is 0 Å². The van der Waals surface area contributed by atoms with E-state index in [4.69, 9.17) is 16.3 Å². The van der Waals surface area contributed by atoms with Gasteiger partial charge >= 0.3 is 0 Å². The number of piperidine rings is 1. The van der Waals surface area contributed by atoms with E-state index in [1.165, 1.54) is 25.7 Å². The van der Waals surface area contributed by atoms with Crippen LogP contribution in [0.25, 0.3) is 0 Å². The van der Waals surface area contributed by atoms with Crippen LogP contribution in [0, 0.1) is 5.82 Å². The van der Waals surface area contributed by atoms with Gasteiger partial charge < -0.3 is 15.0 Å². The molecule has 2 aromatic rings. The lowest BCUT2D eigenvalue weighted by atomic mass is 10.1. The van der Waals surface area contributed by atoms with Gasteiger partial charge in [0.05, 0.1) is 17.8 Å². The number of halogens is 2. The topological polar surface area (TPSA) is 41.6 Å². The number of rotatable bonds is 4. The third kappa shape index (κ3) is 4.04. The summed E-state index contributed by atoms with van der Waals surface area (Å²) in [6, 6.07) is 9.55. The molecule has 25 heavy (non-hydrogen) atoms. The minimum atomic E-state index is -0.352. The number of amides is 1. The monoisotopic (exact) mass is 362 g/mol. The molecular formula is C19H20ClFN2O2. The first kappa shape index (κ1) is 17.5. The maximum Gasteiger partial charge on any atom is 0.255 e. The van der Waals surface area contributed by atoms with Crippen LogP contribution in [0.3, 0.4) is 0 Å². The fraction of sp³-hybridized carbons (Fsp3) is 0.316. The maximum absolute atomic E-state index is 14.4. The number of benzene rings is 2. The summed E-state index contributed by atoms with van der Waals surface area (Å²) in [4.78, 5) is 14.4. The number of anilines is 2.